The summed E-state index contributed by atoms with van der Waals surface area (Å²) >= 11 is 0. The first-order chi connectivity index (χ1) is 19.2. The Labute approximate surface area is 232 Å². The largest absolute Gasteiger partial charge is 0.497 e. The van der Waals surface area contributed by atoms with Gasteiger partial charge in [0.2, 0.25) is 15.9 Å². The van der Waals surface area contributed by atoms with Gasteiger partial charge in [0.1, 0.15) is 11.8 Å². The molecular weight excluding hydrogens is 536 g/mol. The number of benzene rings is 3. The highest BCUT2D eigenvalue weighted by atomic mass is 32.2. The predicted molar refractivity (Wildman–Crippen MR) is 147 cm³/mol. The third-order valence-electron chi connectivity index (χ3n) is 6.43. The lowest BCUT2D eigenvalue weighted by Crippen LogP contribution is -2.61. The molecule has 0 spiro atoms. The fraction of sp³-hybridized carbons (Fsp3) is 0.250. The van der Waals surface area contributed by atoms with Crippen LogP contribution >= 0.6 is 0 Å². The molecule has 3 amide bonds. The number of anilines is 1. The molecule has 0 aliphatic carbocycles. The van der Waals surface area contributed by atoms with E-state index in [4.69, 9.17) is 4.74 Å². The minimum atomic E-state index is -4.02. The van der Waals surface area contributed by atoms with E-state index in [1.165, 1.54) is 36.3 Å². The van der Waals surface area contributed by atoms with Gasteiger partial charge in [0.25, 0.3) is 0 Å². The molecule has 3 aromatic carbocycles. The van der Waals surface area contributed by atoms with Gasteiger partial charge in [-0.2, -0.15) is 4.31 Å². The van der Waals surface area contributed by atoms with Gasteiger partial charge in [-0.25, -0.2) is 18.0 Å². The van der Waals surface area contributed by atoms with Crippen LogP contribution in [-0.4, -0.2) is 75.4 Å². The Morgan fingerprint density at radius 2 is 1.65 bits per heavy atom. The van der Waals surface area contributed by atoms with Crippen molar-refractivity contribution < 1.29 is 32.3 Å². The maximum atomic E-state index is 13.5. The van der Waals surface area contributed by atoms with Gasteiger partial charge in [-0.1, -0.05) is 30.3 Å². The molecule has 40 heavy (non-hydrogen) atoms. The summed E-state index contributed by atoms with van der Waals surface area (Å²) in [6, 6.07) is 19.5. The second-order valence-corrected chi connectivity index (χ2v) is 10.8. The monoisotopic (exact) mass is 566 g/mol. The van der Waals surface area contributed by atoms with Crippen LogP contribution < -0.4 is 15.4 Å². The van der Waals surface area contributed by atoms with Gasteiger partial charge in [0, 0.05) is 31.9 Å². The Hall–Kier alpha value is -4.42. The quantitative estimate of drug-likeness (QED) is 0.401. The van der Waals surface area contributed by atoms with Crippen molar-refractivity contribution in [3.05, 3.63) is 90.0 Å². The standard InChI is InChI=1S/C28H30N4O7S/c1-38-23-8-6-7-20(17-23)18-29-26(33)25-19-31(15-16-32(25)40(36,37)24-9-4-3-5-10-24)28(35)30-22-13-11-21(12-14-22)27(34)39-2/h3-14,17,25H,15-16,18-19H2,1-2H3,(H,29,33)(H,30,35). The third kappa shape index (κ3) is 6.58. The lowest BCUT2D eigenvalue weighted by Gasteiger charge is -2.39. The molecule has 1 atom stereocenters. The average Bonchev–Trinajstić information content (AvgIpc) is 3.00. The lowest BCUT2D eigenvalue weighted by atomic mass is 10.1. The van der Waals surface area contributed by atoms with Gasteiger partial charge < -0.3 is 25.0 Å². The second kappa shape index (κ2) is 12.6. The van der Waals surface area contributed by atoms with Crippen molar-refractivity contribution in [2.75, 3.05) is 39.2 Å². The third-order valence-corrected chi connectivity index (χ3v) is 8.35. The number of hydrogen-bond donors (Lipinski definition) is 2. The molecule has 3 aromatic rings. The lowest BCUT2D eigenvalue weighted by molar-refractivity contribution is -0.126. The van der Waals surface area contributed by atoms with Crippen molar-refractivity contribution >= 4 is 33.6 Å². The number of amides is 3. The fourth-order valence-electron chi connectivity index (χ4n) is 4.28. The molecular formula is C28H30N4O7S. The number of nitrogens with one attached hydrogen (secondary N) is 2. The summed E-state index contributed by atoms with van der Waals surface area (Å²) in [5.41, 5.74) is 1.52. The molecule has 4 rings (SSSR count). The number of ether oxygens (including phenoxy) is 2. The van der Waals surface area contributed by atoms with Gasteiger partial charge in [-0.3, -0.25) is 4.79 Å². The van der Waals surface area contributed by atoms with Gasteiger partial charge in [0.15, 0.2) is 0 Å². The molecule has 2 N–H and O–H groups in total. The van der Waals surface area contributed by atoms with Gasteiger partial charge in [-0.15, -0.1) is 0 Å². The zero-order valence-corrected chi connectivity index (χ0v) is 22.9. The highest BCUT2D eigenvalue weighted by Crippen LogP contribution is 2.23. The predicted octanol–water partition coefficient (Wildman–Crippen LogP) is 2.71. The Morgan fingerprint density at radius 3 is 2.33 bits per heavy atom. The minimum Gasteiger partial charge on any atom is -0.497 e. The number of nitrogens with zero attached hydrogens (tertiary/aromatic N) is 2. The van der Waals surface area contributed by atoms with Crippen LogP contribution in [0.3, 0.4) is 0 Å². The minimum absolute atomic E-state index is 0.0594. The van der Waals surface area contributed by atoms with Crippen LogP contribution in [0.25, 0.3) is 0 Å². The maximum Gasteiger partial charge on any atom is 0.337 e. The van der Waals surface area contributed by atoms with Gasteiger partial charge in [-0.05, 0) is 54.1 Å². The van der Waals surface area contributed by atoms with Crippen molar-refractivity contribution in [3.63, 3.8) is 0 Å². The number of rotatable bonds is 8. The number of methoxy groups -OCH3 is 2. The summed E-state index contributed by atoms with van der Waals surface area (Å²) in [4.78, 5) is 39.6. The van der Waals surface area contributed by atoms with Crippen LogP contribution in [0.1, 0.15) is 15.9 Å². The van der Waals surface area contributed by atoms with Gasteiger partial charge >= 0.3 is 12.0 Å². The molecule has 1 heterocycles. The van der Waals surface area contributed by atoms with Crippen molar-refractivity contribution in [1.82, 2.24) is 14.5 Å². The Morgan fingerprint density at radius 1 is 0.925 bits per heavy atom. The SMILES string of the molecule is COC(=O)c1ccc(NC(=O)N2CCN(S(=O)(=O)c3ccccc3)C(C(=O)NCc3cccc(OC)c3)C2)cc1. The molecule has 1 aliphatic rings. The molecule has 1 unspecified atom stereocenters. The molecule has 0 radical (unpaired) electrons. The van der Waals surface area contributed by atoms with E-state index in [1.807, 2.05) is 6.07 Å². The van der Waals surface area contributed by atoms with E-state index < -0.39 is 34.0 Å². The summed E-state index contributed by atoms with van der Waals surface area (Å²) in [6.45, 7) is -0.0342. The average molecular weight is 567 g/mol. The van der Waals surface area contributed by atoms with E-state index >= 15 is 0 Å². The topological polar surface area (TPSA) is 134 Å². The molecule has 1 fully saturated rings. The maximum absolute atomic E-state index is 13.5. The second-order valence-electron chi connectivity index (χ2n) is 8.96. The molecule has 1 saturated heterocycles. The summed E-state index contributed by atoms with van der Waals surface area (Å²) in [5.74, 6) is -0.418. The summed E-state index contributed by atoms with van der Waals surface area (Å²) < 4.78 is 38.1. The summed E-state index contributed by atoms with van der Waals surface area (Å²) in [7, 11) is -1.21. The van der Waals surface area contributed by atoms with E-state index in [2.05, 4.69) is 15.4 Å². The molecule has 0 aromatic heterocycles. The van der Waals surface area contributed by atoms with Crippen molar-refractivity contribution in [2.24, 2.45) is 0 Å². The smallest absolute Gasteiger partial charge is 0.337 e. The zero-order chi connectivity index (χ0) is 28.7. The Bertz CT molecular complexity index is 1460. The molecule has 0 saturated carbocycles. The number of carbonyl (C=O) groups excluding carboxylic acids is 3. The van der Waals surface area contributed by atoms with E-state index in [0.29, 0.717) is 17.0 Å². The molecule has 1 aliphatic heterocycles. The number of sulfonamides is 1. The highest BCUT2D eigenvalue weighted by molar-refractivity contribution is 7.89. The molecule has 210 valence electrons. The number of carbonyl (C=O) groups is 3. The first kappa shape index (κ1) is 28.6. The number of urea groups is 1. The normalized spacial score (nSPS) is 15.7. The van der Waals surface area contributed by atoms with Crippen molar-refractivity contribution in [1.29, 1.82) is 0 Å². The first-order valence-electron chi connectivity index (χ1n) is 12.4. The zero-order valence-electron chi connectivity index (χ0n) is 22.1. The first-order valence-corrected chi connectivity index (χ1v) is 13.9. The van der Waals surface area contributed by atoms with Crippen LogP contribution in [0, 0.1) is 0 Å². The molecule has 11 nitrogen and oxygen atoms in total. The molecule has 0 bridgehead atoms. The molecule has 12 heteroatoms. The van der Waals surface area contributed by atoms with E-state index in [9.17, 15) is 22.8 Å². The number of piperazine rings is 1. The van der Waals surface area contributed by atoms with Crippen molar-refractivity contribution in [3.8, 4) is 5.75 Å². The van der Waals surface area contributed by atoms with E-state index in [0.717, 1.165) is 9.87 Å². The van der Waals surface area contributed by atoms with Crippen LogP contribution in [0.4, 0.5) is 10.5 Å². The summed E-state index contributed by atoms with van der Waals surface area (Å²) in [6.07, 6.45) is 0. The number of hydrogen-bond acceptors (Lipinski definition) is 7. The van der Waals surface area contributed by atoms with Crippen LogP contribution in [-0.2, 0) is 26.1 Å². The number of esters is 1. The van der Waals surface area contributed by atoms with Gasteiger partial charge in [0.05, 0.1) is 24.7 Å². The highest BCUT2D eigenvalue weighted by Gasteiger charge is 2.41. The Balaban J connectivity index is 1.52. The van der Waals surface area contributed by atoms with Crippen molar-refractivity contribution in [2.45, 2.75) is 17.5 Å². The van der Waals surface area contributed by atoms with Crippen LogP contribution in [0.5, 0.6) is 5.75 Å². The summed E-state index contributed by atoms with van der Waals surface area (Å²) in [5, 5.41) is 5.53. The van der Waals surface area contributed by atoms with E-state index in [-0.39, 0.29) is 31.1 Å². The van der Waals surface area contributed by atoms with Crippen LogP contribution in [0.2, 0.25) is 0 Å². The van der Waals surface area contributed by atoms with Crippen LogP contribution in [0.15, 0.2) is 83.8 Å². The fourth-order valence-corrected chi connectivity index (χ4v) is 5.87. The van der Waals surface area contributed by atoms with E-state index in [1.54, 1.807) is 55.6 Å². The Kier molecular flexibility index (Phi) is 9.02.